The Hall–Kier alpha value is -3.38. The van der Waals surface area contributed by atoms with Crippen molar-refractivity contribution in [2.24, 2.45) is 0 Å². The Morgan fingerprint density at radius 1 is 1.00 bits per heavy atom. The third-order valence-corrected chi connectivity index (χ3v) is 3.93. The number of benzene rings is 2. The molecule has 7 heteroatoms. The number of esters is 1. The first-order valence-electron chi connectivity index (χ1n) is 8.31. The number of para-hydroxylation sites is 1. The SMILES string of the molecule is CO/C=C(/C(=O)OC)c1ccccc1Oc1cc(Cl)nc(-c2ccccc2)n1. The second kappa shape index (κ2) is 9.01. The Kier molecular flexibility index (Phi) is 6.24. The van der Waals surface area contributed by atoms with Gasteiger partial charge in [-0.2, -0.15) is 4.98 Å². The molecule has 0 amide bonds. The first-order valence-corrected chi connectivity index (χ1v) is 8.68. The molecule has 0 aliphatic carbocycles. The molecule has 28 heavy (non-hydrogen) atoms. The molecule has 6 nitrogen and oxygen atoms in total. The van der Waals surface area contributed by atoms with E-state index in [2.05, 4.69) is 9.97 Å². The number of carbonyl (C=O) groups excluding carboxylic acids is 1. The van der Waals surface area contributed by atoms with Gasteiger partial charge < -0.3 is 14.2 Å². The Labute approximate surface area is 167 Å². The Bertz CT molecular complexity index is 1010. The molecule has 0 radical (unpaired) electrons. The summed E-state index contributed by atoms with van der Waals surface area (Å²) in [5, 5.41) is 0.238. The van der Waals surface area contributed by atoms with Crippen molar-refractivity contribution in [1.29, 1.82) is 0 Å². The minimum absolute atomic E-state index is 0.212. The first kappa shape index (κ1) is 19.4. The van der Waals surface area contributed by atoms with Crippen molar-refractivity contribution in [3.63, 3.8) is 0 Å². The highest BCUT2D eigenvalue weighted by molar-refractivity contribution is 6.29. The van der Waals surface area contributed by atoms with Crippen LogP contribution in [0.4, 0.5) is 0 Å². The number of hydrogen-bond acceptors (Lipinski definition) is 6. The summed E-state index contributed by atoms with van der Waals surface area (Å²) >= 11 is 6.15. The average Bonchev–Trinajstić information content (AvgIpc) is 2.72. The molecule has 3 aromatic rings. The fraction of sp³-hybridized carbons (Fsp3) is 0.0952. The van der Waals surface area contributed by atoms with E-state index in [1.165, 1.54) is 26.5 Å². The van der Waals surface area contributed by atoms with Crippen molar-refractivity contribution >= 4 is 23.1 Å². The molecular formula is C21H17ClN2O4. The van der Waals surface area contributed by atoms with Crippen LogP contribution >= 0.6 is 11.6 Å². The van der Waals surface area contributed by atoms with Gasteiger partial charge in [0.15, 0.2) is 5.82 Å². The van der Waals surface area contributed by atoms with Crippen LogP contribution in [0.5, 0.6) is 11.6 Å². The molecule has 1 heterocycles. The quantitative estimate of drug-likeness (QED) is 0.259. The van der Waals surface area contributed by atoms with Crippen LogP contribution in [0.2, 0.25) is 5.15 Å². The lowest BCUT2D eigenvalue weighted by Gasteiger charge is -2.13. The molecule has 0 saturated carbocycles. The molecule has 0 unspecified atom stereocenters. The Morgan fingerprint density at radius 2 is 1.71 bits per heavy atom. The van der Waals surface area contributed by atoms with Gasteiger partial charge in [-0.25, -0.2) is 9.78 Å². The number of aromatic nitrogens is 2. The van der Waals surface area contributed by atoms with Crippen LogP contribution in [0.15, 0.2) is 66.9 Å². The molecule has 0 N–H and O–H groups in total. The third-order valence-electron chi connectivity index (χ3n) is 3.74. The minimum Gasteiger partial charge on any atom is -0.503 e. The normalized spacial score (nSPS) is 11.0. The second-order valence-corrected chi connectivity index (χ2v) is 5.96. The maximum Gasteiger partial charge on any atom is 0.341 e. The van der Waals surface area contributed by atoms with E-state index >= 15 is 0 Å². The van der Waals surface area contributed by atoms with E-state index in [0.717, 1.165) is 5.56 Å². The third kappa shape index (κ3) is 4.47. The smallest absolute Gasteiger partial charge is 0.341 e. The van der Waals surface area contributed by atoms with E-state index in [4.69, 9.17) is 25.8 Å². The molecule has 142 valence electrons. The fourth-order valence-electron chi connectivity index (χ4n) is 2.51. The number of halogens is 1. The molecule has 2 aromatic carbocycles. The van der Waals surface area contributed by atoms with Crippen LogP contribution in [0.25, 0.3) is 17.0 Å². The zero-order chi connectivity index (χ0) is 19.9. The lowest BCUT2D eigenvalue weighted by Crippen LogP contribution is -2.06. The highest BCUT2D eigenvalue weighted by Gasteiger charge is 2.18. The van der Waals surface area contributed by atoms with E-state index in [-0.39, 0.29) is 16.6 Å². The van der Waals surface area contributed by atoms with E-state index in [9.17, 15) is 4.79 Å². The van der Waals surface area contributed by atoms with Gasteiger partial charge in [0.25, 0.3) is 0 Å². The van der Waals surface area contributed by atoms with Gasteiger partial charge in [-0.1, -0.05) is 60.1 Å². The van der Waals surface area contributed by atoms with Crippen molar-refractivity contribution in [3.8, 4) is 23.0 Å². The zero-order valence-electron chi connectivity index (χ0n) is 15.3. The van der Waals surface area contributed by atoms with Crippen molar-refractivity contribution < 1.29 is 19.0 Å². The summed E-state index contributed by atoms with van der Waals surface area (Å²) < 4.78 is 15.8. The van der Waals surface area contributed by atoms with Crippen LogP contribution in [0.1, 0.15) is 5.56 Å². The fourth-order valence-corrected chi connectivity index (χ4v) is 2.68. The Balaban J connectivity index is 2.00. The summed E-state index contributed by atoms with van der Waals surface area (Å²) in [7, 11) is 2.74. The summed E-state index contributed by atoms with van der Waals surface area (Å²) in [6.45, 7) is 0. The van der Waals surface area contributed by atoms with Crippen molar-refractivity contribution in [3.05, 3.63) is 77.6 Å². The molecule has 3 rings (SSSR count). The molecule has 0 saturated heterocycles. The van der Waals surface area contributed by atoms with Gasteiger partial charge in [-0.05, 0) is 6.07 Å². The van der Waals surface area contributed by atoms with Crippen molar-refractivity contribution in [1.82, 2.24) is 9.97 Å². The second-order valence-electron chi connectivity index (χ2n) is 5.58. The highest BCUT2D eigenvalue weighted by Crippen LogP contribution is 2.32. The lowest BCUT2D eigenvalue weighted by molar-refractivity contribution is -0.133. The Morgan fingerprint density at radius 3 is 2.43 bits per heavy atom. The number of hydrogen-bond donors (Lipinski definition) is 0. The highest BCUT2D eigenvalue weighted by atomic mass is 35.5. The monoisotopic (exact) mass is 396 g/mol. The van der Waals surface area contributed by atoms with Gasteiger partial charge in [-0.3, -0.25) is 0 Å². The van der Waals surface area contributed by atoms with E-state index in [0.29, 0.717) is 17.1 Å². The predicted octanol–water partition coefficient (Wildman–Crippen LogP) is 4.75. The van der Waals surface area contributed by atoms with Gasteiger partial charge in [0.1, 0.15) is 16.5 Å². The molecule has 0 atom stereocenters. The largest absolute Gasteiger partial charge is 0.503 e. The summed E-state index contributed by atoms with van der Waals surface area (Å²) in [5.41, 5.74) is 1.51. The molecule has 0 bridgehead atoms. The van der Waals surface area contributed by atoms with Gasteiger partial charge in [0.2, 0.25) is 5.88 Å². The molecule has 1 aromatic heterocycles. The minimum atomic E-state index is -0.552. The zero-order valence-corrected chi connectivity index (χ0v) is 16.0. The van der Waals surface area contributed by atoms with Crippen LogP contribution in [0, 0.1) is 0 Å². The standard InChI is InChI=1S/C21H17ClN2O4/c1-26-13-16(21(25)27-2)15-10-6-7-11-17(15)28-19-12-18(22)23-20(24-19)14-8-4-3-5-9-14/h3-13H,1-2H3/b16-13+. The predicted molar refractivity (Wildman–Crippen MR) is 106 cm³/mol. The van der Waals surface area contributed by atoms with Gasteiger partial charge in [0.05, 0.1) is 20.5 Å². The van der Waals surface area contributed by atoms with Gasteiger partial charge in [-0.15, -0.1) is 0 Å². The first-order chi connectivity index (χ1) is 13.6. The molecule has 0 spiro atoms. The summed E-state index contributed by atoms with van der Waals surface area (Å²) in [4.78, 5) is 20.8. The van der Waals surface area contributed by atoms with Crippen molar-refractivity contribution in [2.45, 2.75) is 0 Å². The van der Waals surface area contributed by atoms with E-state index < -0.39 is 5.97 Å². The number of carbonyl (C=O) groups is 1. The number of methoxy groups -OCH3 is 2. The maximum absolute atomic E-state index is 12.1. The topological polar surface area (TPSA) is 70.5 Å². The van der Waals surface area contributed by atoms with E-state index in [1.807, 2.05) is 30.3 Å². The molecule has 0 fully saturated rings. The summed E-state index contributed by atoms with van der Waals surface area (Å²) in [6, 6.07) is 17.9. The van der Waals surface area contributed by atoms with Gasteiger partial charge >= 0.3 is 5.97 Å². The maximum atomic E-state index is 12.1. The summed E-state index contributed by atoms with van der Waals surface area (Å²) in [5.74, 6) is 0.516. The molecule has 0 aliphatic rings. The van der Waals surface area contributed by atoms with Crippen LogP contribution in [0.3, 0.4) is 0 Å². The lowest BCUT2D eigenvalue weighted by atomic mass is 10.1. The van der Waals surface area contributed by atoms with Crippen molar-refractivity contribution in [2.75, 3.05) is 14.2 Å². The van der Waals surface area contributed by atoms with E-state index in [1.54, 1.807) is 24.3 Å². The number of nitrogens with zero attached hydrogens (tertiary/aromatic N) is 2. The van der Waals surface area contributed by atoms with Crippen LogP contribution in [-0.4, -0.2) is 30.2 Å². The molecule has 0 aliphatic heterocycles. The van der Waals surface area contributed by atoms with Crippen LogP contribution in [-0.2, 0) is 14.3 Å². The number of rotatable bonds is 6. The van der Waals surface area contributed by atoms with Crippen LogP contribution < -0.4 is 4.74 Å². The number of ether oxygens (including phenoxy) is 3. The molecular weight excluding hydrogens is 380 g/mol. The summed E-state index contributed by atoms with van der Waals surface area (Å²) in [6.07, 6.45) is 1.30. The van der Waals surface area contributed by atoms with Gasteiger partial charge in [0, 0.05) is 17.2 Å². The average molecular weight is 397 g/mol.